The number of rotatable bonds is 7. The smallest absolute Gasteiger partial charge is 0.251 e. The van der Waals surface area contributed by atoms with Crippen LogP contribution in [0.1, 0.15) is 49.4 Å². The summed E-state index contributed by atoms with van der Waals surface area (Å²) in [4.78, 5) is 14.7. The quantitative estimate of drug-likeness (QED) is 0.853. The van der Waals surface area contributed by atoms with E-state index >= 15 is 0 Å². The highest BCUT2D eigenvalue weighted by Gasteiger charge is 2.15. The van der Waals surface area contributed by atoms with Crippen LogP contribution in [0.15, 0.2) is 30.6 Å². The van der Waals surface area contributed by atoms with Crippen LogP contribution in [0.4, 0.5) is 5.69 Å². The number of anilines is 1. The van der Waals surface area contributed by atoms with Gasteiger partial charge in [-0.2, -0.15) is 0 Å². The van der Waals surface area contributed by atoms with Crippen LogP contribution in [0.2, 0.25) is 0 Å². The molecule has 0 aliphatic rings. The second kappa shape index (κ2) is 7.76. The molecule has 0 unspecified atom stereocenters. The molecule has 1 aromatic carbocycles. The molecule has 1 atom stereocenters. The molecule has 6 heteroatoms. The van der Waals surface area contributed by atoms with Crippen LogP contribution in [0.25, 0.3) is 0 Å². The number of hydrogen-bond acceptors (Lipinski definition) is 4. The predicted molar refractivity (Wildman–Crippen MR) is 91.5 cm³/mol. The van der Waals surface area contributed by atoms with Gasteiger partial charge in [-0.05, 0) is 44.5 Å². The zero-order valence-electron chi connectivity index (χ0n) is 14.3. The summed E-state index contributed by atoms with van der Waals surface area (Å²) in [5, 5.41) is 10.8. The molecular weight excluding hydrogens is 290 g/mol. The van der Waals surface area contributed by atoms with Crippen molar-refractivity contribution in [1.29, 1.82) is 0 Å². The monoisotopic (exact) mass is 315 g/mol. The molecule has 0 fully saturated rings. The van der Waals surface area contributed by atoms with E-state index < -0.39 is 0 Å². The number of aromatic nitrogens is 3. The van der Waals surface area contributed by atoms with Crippen LogP contribution < -0.4 is 10.2 Å². The predicted octanol–water partition coefficient (Wildman–Crippen LogP) is 2.54. The van der Waals surface area contributed by atoms with Gasteiger partial charge in [-0.15, -0.1) is 10.2 Å². The summed E-state index contributed by atoms with van der Waals surface area (Å²) < 4.78 is 1.80. The maximum Gasteiger partial charge on any atom is 0.251 e. The molecular formula is C17H25N5O. The lowest BCUT2D eigenvalue weighted by Crippen LogP contribution is -2.28. The van der Waals surface area contributed by atoms with E-state index in [1.54, 1.807) is 10.9 Å². The second-order valence-corrected chi connectivity index (χ2v) is 5.62. The molecule has 0 spiro atoms. The molecule has 0 radical (unpaired) electrons. The lowest BCUT2D eigenvalue weighted by Gasteiger charge is -2.22. The SMILES string of the molecule is CCCN(CC)c1ccc(C(=O)N[C@@H](C)c2nncn2C)cc1. The second-order valence-electron chi connectivity index (χ2n) is 5.62. The molecule has 0 aliphatic heterocycles. The van der Waals surface area contributed by atoms with Crippen molar-refractivity contribution >= 4 is 11.6 Å². The molecule has 1 aromatic heterocycles. The zero-order valence-corrected chi connectivity index (χ0v) is 14.3. The summed E-state index contributed by atoms with van der Waals surface area (Å²) >= 11 is 0. The van der Waals surface area contributed by atoms with Crippen molar-refractivity contribution in [1.82, 2.24) is 20.1 Å². The number of carbonyl (C=O) groups excluding carboxylic acids is 1. The number of aryl methyl sites for hydroxylation is 1. The van der Waals surface area contributed by atoms with Gasteiger partial charge in [0.2, 0.25) is 0 Å². The van der Waals surface area contributed by atoms with E-state index in [4.69, 9.17) is 0 Å². The third-order valence-corrected chi connectivity index (χ3v) is 3.85. The summed E-state index contributed by atoms with van der Waals surface area (Å²) in [5.41, 5.74) is 1.79. The first-order valence-corrected chi connectivity index (χ1v) is 8.06. The van der Waals surface area contributed by atoms with E-state index in [9.17, 15) is 4.79 Å². The molecule has 2 aromatic rings. The Hall–Kier alpha value is -2.37. The van der Waals surface area contributed by atoms with Gasteiger partial charge in [0.05, 0.1) is 6.04 Å². The van der Waals surface area contributed by atoms with E-state index in [1.165, 1.54) is 0 Å². The maximum absolute atomic E-state index is 12.4. The van der Waals surface area contributed by atoms with Gasteiger partial charge in [-0.25, -0.2) is 0 Å². The van der Waals surface area contributed by atoms with Crippen LogP contribution >= 0.6 is 0 Å². The Kier molecular flexibility index (Phi) is 5.73. The summed E-state index contributed by atoms with van der Waals surface area (Å²) in [7, 11) is 1.86. The molecule has 6 nitrogen and oxygen atoms in total. The van der Waals surface area contributed by atoms with Crippen molar-refractivity contribution in [3.8, 4) is 0 Å². The molecule has 1 N–H and O–H groups in total. The normalized spacial score (nSPS) is 12.0. The van der Waals surface area contributed by atoms with Crippen molar-refractivity contribution in [2.75, 3.05) is 18.0 Å². The van der Waals surface area contributed by atoms with Gasteiger partial charge in [-0.1, -0.05) is 6.92 Å². The van der Waals surface area contributed by atoms with Gasteiger partial charge in [-0.3, -0.25) is 4.79 Å². The molecule has 124 valence electrons. The Morgan fingerprint density at radius 3 is 2.52 bits per heavy atom. The first-order valence-electron chi connectivity index (χ1n) is 8.06. The van der Waals surface area contributed by atoms with Crippen molar-refractivity contribution < 1.29 is 4.79 Å². The molecule has 0 bridgehead atoms. The van der Waals surface area contributed by atoms with Gasteiger partial charge in [0.25, 0.3) is 5.91 Å². The van der Waals surface area contributed by atoms with Gasteiger partial charge in [0.15, 0.2) is 5.82 Å². The van der Waals surface area contributed by atoms with E-state index in [-0.39, 0.29) is 11.9 Å². The fraction of sp³-hybridized carbons (Fsp3) is 0.471. The minimum absolute atomic E-state index is 0.106. The molecule has 1 heterocycles. The third kappa shape index (κ3) is 4.09. The topological polar surface area (TPSA) is 63.1 Å². The number of nitrogens with one attached hydrogen (secondary N) is 1. The lowest BCUT2D eigenvalue weighted by molar-refractivity contribution is 0.0938. The Morgan fingerprint density at radius 2 is 2.00 bits per heavy atom. The minimum atomic E-state index is -0.193. The number of nitrogens with zero attached hydrogens (tertiary/aromatic N) is 4. The van der Waals surface area contributed by atoms with Crippen molar-refractivity contribution in [3.05, 3.63) is 42.0 Å². The van der Waals surface area contributed by atoms with E-state index in [2.05, 4.69) is 34.3 Å². The van der Waals surface area contributed by atoms with Crippen LogP contribution in [0.3, 0.4) is 0 Å². The Morgan fingerprint density at radius 1 is 1.30 bits per heavy atom. The lowest BCUT2D eigenvalue weighted by atomic mass is 10.1. The van der Waals surface area contributed by atoms with Crippen LogP contribution in [0.5, 0.6) is 0 Å². The Labute approximate surface area is 137 Å². The average molecular weight is 315 g/mol. The van der Waals surface area contributed by atoms with Crippen molar-refractivity contribution in [3.63, 3.8) is 0 Å². The van der Waals surface area contributed by atoms with E-state index in [0.717, 1.165) is 31.0 Å². The molecule has 23 heavy (non-hydrogen) atoms. The van der Waals surface area contributed by atoms with E-state index in [0.29, 0.717) is 5.56 Å². The number of hydrogen-bond donors (Lipinski definition) is 1. The summed E-state index contributed by atoms with van der Waals surface area (Å²) in [6.07, 6.45) is 2.73. The van der Waals surface area contributed by atoms with Gasteiger partial charge < -0.3 is 14.8 Å². The number of amides is 1. The standard InChI is InChI=1S/C17H25N5O/c1-5-11-22(6-2)15-9-7-14(8-10-15)17(23)19-13(3)16-20-18-12-21(16)4/h7-10,12-13H,5-6,11H2,1-4H3,(H,19,23)/t13-/m0/s1. The van der Waals surface area contributed by atoms with Crippen molar-refractivity contribution in [2.45, 2.75) is 33.2 Å². The third-order valence-electron chi connectivity index (χ3n) is 3.85. The molecule has 2 rings (SSSR count). The molecule has 0 aliphatic carbocycles. The van der Waals surface area contributed by atoms with Crippen molar-refractivity contribution in [2.24, 2.45) is 7.05 Å². The maximum atomic E-state index is 12.4. The molecule has 1 amide bonds. The summed E-state index contributed by atoms with van der Waals surface area (Å²) in [6, 6.07) is 7.54. The first-order chi connectivity index (χ1) is 11.1. The fourth-order valence-electron chi connectivity index (χ4n) is 2.59. The highest BCUT2D eigenvalue weighted by molar-refractivity contribution is 5.94. The Bertz CT molecular complexity index is 635. The largest absolute Gasteiger partial charge is 0.372 e. The van der Waals surface area contributed by atoms with Gasteiger partial charge >= 0.3 is 0 Å². The molecule has 0 saturated carbocycles. The van der Waals surface area contributed by atoms with Crippen LogP contribution in [-0.2, 0) is 7.05 Å². The van der Waals surface area contributed by atoms with E-state index in [1.807, 2.05) is 38.2 Å². The number of benzene rings is 1. The van der Waals surface area contributed by atoms with Gasteiger partial charge in [0, 0.05) is 31.4 Å². The number of carbonyl (C=O) groups is 1. The minimum Gasteiger partial charge on any atom is -0.372 e. The summed E-state index contributed by atoms with van der Waals surface area (Å²) in [5.74, 6) is 0.626. The Balaban J connectivity index is 2.04. The highest BCUT2D eigenvalue weighted by atomic mass is 16.1. The van der Waals surface area contributed by atoms with Crippen LogP contribution in [0, 0.1) is 0 Å². The fourth-order valence-corrected chi connectivity index (χ4v) is 2.59. The van der Waals surface area contributed by atoms with Crippen LogP contribution in [-0.4, -0.2) is 33.8 Å². The highest BCUT2D eigenvalue weighted by Crippen LogP contribution is 2.16. The molecule has 0 saturated heterocycles. The van der Waals surface area contributed by atoms with Gasteiger partial charge in [0.1, 0.15) is 6.33 Å². The summed E-state index contributed by atoms with van der Waals surface area (Å²) in [6.45, 7) is 8.18. The average Bonchev–Trinajstić information content (AvgIpc) is 2.99. The zero-order chi connectivity index (χ0) is 16.8. The first kappa shape index (κ1) is 17.0.